The van der Waals surface area contributed by atoms with Gasteiger partial charge in [0.2, 0.25) is 23.6 Å². The highest BCUT2D eigenvalue weighted by Crippen LogP contribution is 2.40. The topological polar surface area (TPSA) is 224 Å². The van der Waals surface area contributed by atoms with Gasteiger partial charge >= 0.3 is 0 Å². The van der Waals surface area contributed by atoms with Crippen molar-refractivity contribution < 1.29 is 38.5 Å². The second kappa shape index (κ2) is 26.3. The lowest BCUT2D eigenvalue weighted by atomic mass is 9.85. The summed E-state index contributed by atoms with van der Waals surface area (Å²) in [6.45, 7) is 16.8. The maximum Gasteiger partial charge on any atom is 0.246 e. The van der Waals surface area contributed by atoms with Crippen LogP contribution in [0, 0.1) is 33.1 Å². The molecule has 0 radical (unpaired) electrons. The number of nitrogens with one attached hydrogen (secondary N) is 4. The zero-order valence-corrected chi connectivity index (χ0v) is 48.6. The summed E-state index contributed by atoms with van der Waals surface area (Å²) < 4.78 is 19.3. The van der Waals surface area contributed by atoms with Crippen molar-refractivity contribution in [2.75, 3.05) is 53.2 Å². The van der Waals surface area contributed by atoms with Crippen LogP contribution in [-0.4, -0.2) is 130 Å². The number of aromatic nitrogens is 4. The molecule has 21 heteroatoms. The number of carbonyl (C=O) groups excluding carboxylic acids is 4. The summed E-state index contributed by atoms with van der Waals surface area (Å²) in [5.41, 5.74) is 8.69. The number of aliphatic hydroxyl groups is 1. The number of amides is 4. The van der Waals surface area contributed by atoms with Crippen LogP contribution in [0.5, 0.6) is 5.75 Å². The van der Waals surface area contributed by atoms with Crippen molar-refractivity contribution >= 4 is 63.6 Å². The highest BCUT2D eigenvalue weighted by Gasteiger charge is 2.45. The number of nitrogens with zero attached hydrogens (tertiary/aromatic N) is 6. The molecule has 0 aliphatic carbocycles. The Labute approximate surface area is 474 Å². The Hall–Kier alpha value is -6.39. The van der Waals surface area contributed by atoms with E-state index in [-0.39, 0.29) is 57.1 Å². The molecule has 0 spiro atoms. The number of likely N-dealkylation sites (tertiary alicyclic amines) is 1. The molecule has 2 aliphatic rings. The summed E-state index contributed by atoms with van der Waals surface area (Å²) in [6, 6.07) is 19.9. The molecule has 6 atom stereocenters. The number of thiophene rings is 1. The molecular formula is C58H71ClN10O8S2. The fourth-order valence-corrected chi connectivity index (χ4v) is 11.9. The number of β-amino-alcohol motifs (C(OH)–C–C–N with tert-alkyl or cyclic N) is 1. The van der Waals surface area contributed by atoms with Crippen molar-refractivity contribution in [3.63, 3.8) is 0 Å². The second-order valence-corrected chi connectivity index (χ2v) is 23.6. The van der Waals surface area contributed by atoms with Crippen molar-refractivity contribution in [3.05, 3.63) is 133 Å². The standard InChI is InChI=1S/C58H71ClN10O8S2/c1-33-36(4)79-57-50(33)51(40-15-19-42(59)20-16-40)63-45(54-67-66-37(5)69(54)57)28-48(71)62-34(2)38-17-21-44(22-18-38)77-24-10-23-75-25-26-76-31-49(72)65-53(58(6,7)8)56(74)68-30-43(70)27-47(68)55(73)64-46(29-60-9)39-11-13-41(14-12-39)52-35(3)61-32-78-52/h11-22,32,34,43,45-47,53,60,70H,10,23-31H2,1-9H3,(H,62,71)(H,64,73)(H,65,72)/t34-,43+,45-,46+,47-,53+/m0/s1. The third-order valence-corrected chi connectivity index (χ3v) is 16.6. The van der Waals surface area contributed by atoms with Gasteiger partial charge in [-0.25, -0.2) is 4.98 Å². The largest absolute Gasteiger partial charge is 0.494 e. The first kappa shape index (κ1) is 58.8. The molecule has 3 aromatic heterocycles. The van der Waals surface area contributed by atoms with Gasteiger partial charge in [-0.2, -0.15) is 0 Å². The zero-order chi connectivity index (χ0) is 56.5. The lowest BCUT2D eigenvalue weighted by Gasteiger charge is -2.35. The smallest absolute Gasteiger partial charge is 0.246 e. The highest BCUT2D eigenvalue weighted by atomic mass is 35.5. The molecule has 2 aliphatic heterocycles. The Morgan fingerprint density at radius 3 is 2.23 bits per heavy atom. The molecule has 5 heterocycles. The molecule has 5 N–H and O–H groups in total. The normalized spacial score (nSPS) is 17.2. The van der Waals surface area contributed by atoms with Gasteiger partial charge in [0.25, 0.3) is 0 Å². The summed E-state index contributed by atoms with van der Waals surface area (Å²) in [5.74, 6) is 0.504. The van der Waals surface area contributed by atoms with Crippen LogP contribution in [-0.2, 0) is 28.7 Å². The first-order valence-electron chi connectivity index (χ1n) is 26.6. The molecule has 6 aromatic rings. The average Bonchev–Trinajstić information content (AvgIpc) is 4.20. The van der Waals surface area contributed by atoms with E-state index in [0.717, 1.165) is 60.5 Å². The van der Waals surface area contributed by atoms with Crippen LogP contribution in [0.2, 0.25) is 5.02 Å². The predicted octanol–water partition coefficient (Wildman–Crippen LogP) is 7.87. The third-order valence-electron chi connectivity index (χ3n) is 14.1. The average molecular weight is 1140 g/mol. The molecule has 8 rings (SSSR count). The summed E-state index contributed by atoms with van der Waals surface area (Å²) in [6.07, 6.45) is -0.161. The van der Waals surface area contributed by atoms with E-state index in [0.29, 0.717) is 42.8 Å². The number of aliphatic hydroxyl groups excluding tert-OH is 1. The molecule has 0 unspecified atom stereocenters. The molecule has 0 saturated carbocycles. The number of benzene rings is 3. The molecule has 1 fully saturated rings. The number of likely N-dealkylation sites (N-methyl/N-ethyl adjacent to an activating group) is 1. The number of aliphatic imine (C=N–C) groups is 1. The Morgan fingerprint density at radius 1 is 0.848 bits per heavy atom. The van der Waals surface area contributed by atoms with E-state index in [4.69, 9.17) is 30.8 Å². The van der Waals surface area contributed by atoms with Crippen LogP contribution in [0.15, 0.2) is 83.3 Å². The van der Waals surface area contributed by atoms with Crippen molar-refractivity contribution in [3.8, 4) is 21.2 Å². The quantitative estimate of drug-likeness (QED) is 0.0387. The fourth-order valence-electron chi connectivity index (χ4n) is 9.77. The van der Waals surface area contributed by atoms with Gasteiger partial charge in [0.15, 0.2) is 5.82 Å². The maximum atomic E-state index is 14.2. The van der Waals surface area contributed by atoms with E-state index >= 15 is 0 Å². The number of halogens is 1. The summed E-state index contributed by atoms with van der Waals surface area (Å²) in [4.78, 5) is 68.3. The van der Waals surface area contributed by atoms with Crippen LogP contribution in [0.1, 0.15) is 115 Å². The van der Waals surface area contributed by atoms with Gasteiger partial charge in [0, 0.05) is 53.6 Å². The first-order chi connectivity index (χ1) is 37.8. The lowest BCUT2D eigenvalue weighted by molar-refractivity contribution is -0.144. The molecule has 79 heavy (non-hydrogen) atoms. The Morgan fingerprint density at radius 2 is 1.54 bits per heavy atom. The Bertz CT molecular complexity index is 3120. The summed E-state index contributed by atoms with van der Waals surface area (Å²) in [5, 5.41) is 33.5. The van der Waals surface area contributed by atoms with E-state index in [2.05, 4.69) is 50.3 Å². The van der Waals surface area contributed by atoms with Gasteiger partial charge in [-0.3, -0.25) is 28.7 Å². The number of aryl methyl sites for hydroxylation is 3. The molecule has 4 amide bonds. The SMILES string of the molecule is CNC[C@@H](NC(=O)[C@@H]1C[C@@H](O)CN1C(=O)[C@@H](NC(=O)COCCOCCCOc1ccc([C@H](C)NC(=O)C[C@@H]2N=C(c3ccc(Cl)cc3)c3c(sc(C)c3C)-n3c(C)nnc32)cc1)C(C)(C)C)c1ccc(-c2scnc2C)cc1. The van der Waals surface area contributed by atoms with Crippen LogP contribution in [0.3, 0.4) is 0 Å². The minimum absolute atomic E-state index is 0.0401. The maximum absolute atomic E-state index is 14.2. The van der Waals surface area contributed by atoms with Crippen molar-refractivity contribution in [2.24, 2.45) is 10.4 Å². The van der Waals surface area contributed by atoms with Crippen LogP contribution in [0.4, 0.5) is 0 Å². The van der Waals surface area contributed by atoms with E-state index in [9.17, 15) is 24.3 Å². The Kier molecular flexibility index (Phi) is 19.5. The van der Waals surface area contributed by atoms with Crippen molar-refractivity contribution in [2.45, 2.75) is 111 Å². The van der Waals surface area contributed by atoms with Gasteiger partial charge in [-0.05, 0) is 93.6 Å². The molecular weight excluding hydrogens is 1060 g/mol. The third kappa shape index (κ3) is 14.3. The van der Waals surface area contributed by atoms with Crippen LogP contribution in [0.25, 0.3) is 15.4 Å². The van der Waals surface area contributed by atoms with Gasteiger partial charge in [-0.1, -0.05) is 80.9 Å². The molecule has 1 saturated heterocycles. The van der Waals surface area contributed by atoms with Gasteiger partial charge < -0.3 is 45.5 Å². The van der Waals surface area contributed by atoms with Gasteiger partial charge in [-0.15, -0.1) is 32.9 Å². The fraction of sp³-hybridized carbons (Fsp3) is 0.448. The summed E-state index contributed by atoms with van der Waals surface area (Å²) >= 11 is 9.51. The number of carbonyl (C=O) groups is 4. The second-order valence-electron chi connectivity index (χ2n) is 21.1. The highest BCUT2D eigenvalue weighted by molar-refractivity contribution is 7.15. The monoisotopic (exact) mass is 1130 g/mol. The van der Waals surface area contributed by atoms with Crippen LogP contribution < -0.4 is 26.0 Å². The van der Waals surface area contributed by atoms with Gasteiger partial charge in [0.05, 0.1) is 66.2 Å². The molecule has 18 nitrogen and oxygen atoms in total. The van der Waals surface area contributed by atoms with Gasteiger partial charge in [0.1, 0.15) is 41.3 Å². The van der Waals surface area contributed by atoms with Crippen molar-refractivity contribution in [1.29, 1.82) is 0 Å². The number of ether oxygens (including phenoxy) is 3. The Balaban J connectivity index is 0.747. The number of hydrogen-bond acceptors (Lipinski definition) is 15. The number of rotatable bonds is 23. The number of thiazole rings is 1. The zero-order valence-electron chi connectivity index (χ0n) is 46.2. The van der Waals surface area contributed by atoms with Crippen LogP contribution >= 0.6 is 34.3 Å². The molecule has 420 valence electrons. The number of hydrogen-bond donors (Lipinski definition) is 5. The van der Waals surface area contributed by atoms with E-state index in [1.54, 1.807) is 29.7 Å². The molecule has 3 aromatic carbocycles. The lowest BCUT2D eigenvalue weighted by Crippen LogP contribution is -2.58. The summed E-state index contributed by atoms with van der Waals surface area (Å²) in [7, 11) is 1.80. The predicted molar refractivity (Wildman–Crippen MR) is 307 cm³/mol. The minimum Gasteiger partial charge on any atom is -0.494 e. The van der Waals surface area contributed by atoms with E-state index in [1.807, 2.05) is 124 Å². The van der Waals surface area contributed by atoms with E-state index < -0.39 is 47.5 Å². The van der Waals surface area contributed by atoms with Crippen molar-refractivity contribution in [1.82, 2.24) is 45.9 Å². The first-order valence-corrected chi connectivity index (χ1v) is 28.7. The molecule has 0 bridgehead atoms. The number of fused-ring (bicyclic) bond motifs is 3. The minimum atomic E-state index is -0.995. The van der Waals surface area contributed by atoms with E-state index in [1.165, 1.54) is 9.78 Å².